The monoisotopic (exact) mass is 185 g/mol. The normalized spacial score (nSPS) is 37.2. The first-order valence-corrected chi connectivity index (χ1v) is 5.35. The van der Waals surface area contributed by atoms with E-state index in [-0.39, 0.29) is 12.1 Å². The van der Waals surface area contributed by atoms with Gasteiger partial charge >= 0.3 is 0 Å². The molecule has 0 aromatic carbocycles. The molecule has 0 aromatic heterocycles. The van der Waals surface area contributed by atoms with Crippen molar-refractivity contribution in [3.05, 3.63) is 0 Å². The molecule has 2 nitrogen and oxygen atoms in total. The summed E-state index contributed by atoms with van der Waals surface area (Å²) in [5.41, 5.74) is 6.20. The molecule has 13 heavy (non-hydrogen) atoms. The summed E-state index contributed by atoms with van der Waals surface area (Å²) in [6.07, 6.45) is 3.87. The van der Waals surface area contributed by atoms with Crippen LogP contribution in [0.25, 0.3) is 0 Å². The van der Waals surface area contributed by atoms with Crippen molar-refractivity contribution in [1.29, 1.82) is 0 Å². The molecule has 0 aromatic rings. The van der Waals surface area contributed by atoms with Crippen molar-refractivity contribution < 1.29 is 5.11 Å². The molecule has 78 valence electrons. The molecule has 0 bridgehead atoms. The first-order chi connectivity index (χ1) is 5.91. The second-order valence-electron chi connectivity index (χ2n) is 5.45. The van der Waals surface area contributed by atoms with Gasteiger partial charge in [-0.25, -0.2) is 0 Å². The van der Waals surface area contributed by atoms with Crippen molar-refractivity contribution in [2.75, 3.05) is 0 Å². The predicted octanol–water partition coefficient (Wildman–Crippen LogP) is 1.91. The van der Waals surface area contributed by atoms with Gasteiger partial charge in [0.1, 0.15) is 0 Å². The van der Waals surface area contributed by atoms with Crippen LogP contribution in [0.1, 0.15) is 46.5 Å². The number of nitrogens with two attached hydrogens (primary N) is 1. The fourth-order valence-corrected chi connectivity index (χ4v) is 2.18. The zero-order chi connectivity index (χ0) is 10.1. The number of aliphatic hydroxyl groups excluding tert-OH is 1. The molecule has 0 amide bonds. The van der Waals surface area contributed by atoms with Gasteiger partial charge in [0.15, 0.2) is 0 Å². The highest BCUT2D eigenvalue weighted by Gasteiger charge is 2.29. The molecule has 3 N–H and O–H groups in total. The molecule has 2 heteroatoms. The van der Waals surface area contributed by atoms with E-state index in [0.717, 1.165) is 25.2 Å². The van der Waals surface area contributed by atoms with Crippen molar-refractivity contribution in [2.45, 2.75) is 58.6 Å². The van der Waals surface area contributed by atoms with E-state index in [1.165, 1.54) is 6.42 Å². The molecule has 3 atom stereocenters. The van der Waals surface area contributed by atoms with Gasteiger partial charge in [0.2, 0.25) is 0 Å². The van der Waals surface area contributed by atoms with Crippen LogP contribution in [0.4, 0.5) is 0 Å². The Kier molecular flexibility index (Phi) is 3.36. The van der Waals surface area contributed by atoms with E-state index in [4.69, 9.17) is 5.73 Å². The zero-order valence-electron chi connectivity index (χ0n) is 9.09. The molecule has 1 aliphatic rings. The molecule has 0 aliphatic heterocycles. The van der Waals surface area contributed by atoms with Crippen molar-refractivity contribution in [3.63, 3.8) is 0 Å². The maximum Gasteiger partial charge on any atom is 0.0691 e. The highest BCUT2D eigenvalue weighted by Crippen LogP contribution is 2.36. The topological polar surface area (TPSA) is 46.2 Å². The van der Waals surface area contributed by atoms with Crippen molar-refractivity contribution in [3.8, 4) is 0 Å². The zero-order valence-corrected chi connectivity index (χ0v) is 9.09. The lowest BCUT2D eigenvalue weighted by Gasteiger charge is -2.29. The Balaban J connectivity index is 2.54. The molecule has 1 rings (SSSR count). The van der Waals surface area contributed by atoms with Crippen molar-refractivity contribution in [1.82, 2.24) is 0 Å². The Hall–Kier alpha value is -0.0800. The Bertz CT molecular complexity index is 150. The smallest absolute Gasteiger partial charge is 0.0691 e. The highest BCUT2D eigenvalue weighted by molar-refractivity contribution is 4.83. The van der Waals surface area contributed by atoms with Crippen LogP contribution in [0.5, 0.6) is 0 Å². The minimum absolute atomic E-state index is 0.00681. The lowest BCUT2D eigenvalue weighted by atomic mass is 9.76. The molecular formula is C11H23NO. The van der Waals surface area contributed by atoms with Crippen molar-refractivity contribution in [2.24, 2.45) is 17.1 Å². The van der Waals surface area contributed by atoms with Crippen LogP contribution in [-0.4, -0.2) is 17.3 Å². The summed E-state index contributed by atoms with van der Waals surface area (Å²) in [6, 6.07) is 0.00681. The van der Waals surface area contributed by atoms with Gasteiger partial charge in [-0.1, -0.05) is 20.8 Å². The van der Waals surface area contributed by atoms with Gasteiger partial charge in [-0.3, -0.25) is 0 Å². The third-order valence-corrected chi connectivity index (χ3v) is 3.38. The second-order valence-corrected chi connectivity index (χ2v) is 5.45. The molecular weight excluding hydrogens is 162 g/mol. The Morgan fingerprint density at radius 1 is 1.08 bits per heavy atom. The number of hydrogen-bond donors (Lipinski definition) is 2. The van der Waals surface area contributed by atoms with Crippen LogP contribution in [0, 0.1) is 11.3 Å². The molecule has 0 heterocycles. The van der Waals surface area contributed by atoms with Crippen molar-refractivity contribution >= 4 is 0 Å². The van der Waals surface area contributed by atoms with E-state index in [1.807, 2.05) is 0 Å². The van der Waals surface area contributed by atoms with Crippen LogP contribution < -0.4 is 5.73 Å². The van der Waals surface area contributed by atoms with Crippen LogP contribution in [0.2, 0.25) is 0 Å². The lowest BCUT2D eigenvalue weighted by Crippen LogP contribution is -2.33. The predicted molar refractivity (Wildman–Crippen MR) is 55.4 cm³/mol. The molecule has 1 saturated carbocycles. The van der Waals surface area contributed by atoms with Gasteiger partial charge in [0.05, 0.1) is 6.10 Å². The third-order valence-electron chi connectivity index (χ3n) is 3.38. The molecule has 3 unspecified atom stereocenters. The van der Waals surface area contributed by atoms with Gasteiger partial charge in [-0.05, 0) is 37.0 Å². The first-order valence-electron chi connectivity index (χ1n) is 5.35. The standard InChI is InChI=1S/C11H23NO/c1-11(2,3)8-4-6-9(12)10(13)7-5-8/h8-10,13H,4-7,12H2,1-3H3. The van der Waals surface area contributed by atoms with Crippen LogP contribution in [0.3, 0.4) is 0 Å². The van der Waals surface area contributed by atoms with E-state index < -0.39 is 0 Å². The second kappa shape index (κ2) is 3.97. The van der Waals surface area contributed by atoms with Gasteiger partial charge in [-0.2, -0.15) is 0 Å². The number of hydrogen-bond acceptors (Lipinski definition) is 2. The maximum absolute atomic E-state index is 9.62. The Labute approximate surface area is 81.5 Å². The average Bonchev–Trinajstić information content (AvgIpc) is 2.14. The minimum Gasteiger partial charge on any atom is -0.392 e. The summed E-state index contributed by atoms with van der Waals surface area (Å²) in [5.74, 6) is 0.718. The van der Waals surface area contributed by atoms with Crippen LogP contribution >= 0.6 is 0 Å². The van der Waals surface area contributed by atoms with Crippen LogP contribution in [-0.2, 0) is 0 Å². The van der Waals surface area contributed by atoms with E-state index in [0.29, 0.717) is 5.41 Å². The van der Waals surface area contributed by atoms with Gasteiger partial charge in [0.25, 0.3) is 0 Å². The van der Waals surface area contributed by atoms with E-state index >= 15 is 0 Å². The third kappa shape index (κ3) is 2.96. The molecule has 0 radical (unpaired) electrons. The quantitative estimate of drug-likeness (QED) is 0.566. The SMILES string of the molecule is CC(C)(C)C1CCC(N)C(O)CC1. The summed E-state index contributed by atoms with van der Waals surface area (Å²) in [6.45, 7) is 6.84. The summed E-state index contributed by atoms with van der Waals surface area (Å²) >= 11 is 0. The number of aliphatic hydroxyl groups is 1. The summed E-state index contributed by atoms with van der Waals surface area (Å²) < 4.78 is 0. The van der Waals surface area contributed by atoms with E-state index in [1.54, 1.807) is 0 Å². The first kappa shape index (κ1) is 11.0. The Morgan fingerprint density at radius 3 is 2.15 bits per heavy atom. The fourth-order valence-electron chi connectivity index (χ4n) is 2.18. The van der Waals surface area contributed by atoms with Gasteiger partial charge in [-0.15, -0.1) is 0 Å². The summed E-state index contributed by atoms with van der Waals surface area (Å²) in [5, 5.41) is 9.62. The van der Waals surface area contributed by atoms with E-state index in [2.05, 4.69) is 20.8 Å². The van der Waals surface area contributed by atoms with Crippen LogP contribution in [0.15, 0.2) is 0 Å². The minimum atomic E-state index is -0.271. The fraction of sp³-hybridized carbons (Fsp3) is 1.00. The molecule has 0 spiro atoms. The van der Waals surface area contributed by atoms with Gasteiger partial charge < -0.3 is 10.8 Å². The average molecular weight is 185 g/mol. The molecule has 0 saturated heterocycles. The lowest BCUT2D eigenvalue weighted by molar-refractivity contribution is 0.132. The maximum atomic E-state index is 9.62. The summed E-state index contributed by atoms with van der Waals surface area (Å²) in [7, 11) is 0. The molecule has 1 aliphatic carbocycles. The highest BCUT2D eigenvalue weighted by atomic mass is 16.3. The summed E-state index contributed by atoms with van der Waals surface area (Å²) in [4.78, 5) is 0. The Morgan fingerprint density at radius 2 is 1.62 bits per heavy atom. The van der Waals surface area contributed by atoms with Gasteiger partial charge in [0, 0.05) is 6.04 Å². The number of rotatable bonds is 0. The van der Waals surface area contributed by atoms with E-state index in [9.17, 15) is 5.11 Å². The largest absolute Gasteiger partial charge is 0.392 e. The molecule has 1 fully saturated rings.